The van der Waals surface area contributed by atoms with Crippen molar-refractivity contribution in [2.75, 3.05) is 62.8 Å². The number of hydrogen-bond acceptors (Lipinski definition) is 30. The molecule has 135 heavy (non-hydrogen) atoms. The van der Waals surface area contributed by atoms with E-state index in [0.29, 0.717) is 44.4 Å². The number of methoxy groups -OCH3 is 4. The highest BCUT2D eigenvalue weighted by Gasteiger charge is 2.31. The second-order valence-electron chi connectivity index (χ2n) is 27.9. The average Bonchev–Trinajstić information content (AvgIpc) is 1.70. The summed E-state index contributed by atoms with van der Waals surface area (Å²) in [6, 6.07) is 36.0. The monoisotopic (exact) mass is 1990 g/mol. The number of nitrogens with two attached hydrogens (primary N) is 6. The first kappa shape index (κ1) is 99.1. The maximum absolute atomic E-state index is 15.1. The number of rotatable bonds is 13. The van der Waals surface area contributed by atoms with Crippen molar-refractivity contribution < 1.29 is 92.8 Å². The topological polar surface area (TPSA) is 473 Å². The van der Waals surface area contributed by atoms with E-state index in [1.165, 1.54) is 101 Å². The number of carboxylic acid groups (broad SMARTS) is 1. The molecule has 0 atom stereocenters. The van der Waals surface area contributed by atoms with Gasteiger partial charge in [-0.1, -0.05) is 102 Å². The Morgan fingerprint density at radius 2 is 0.859 bits per heavy atom. The first-order valence-electron chi connectivity index (χ1n) is 38.1. The Kier molecular flexibility index (Phi) is 30.4. The number of carbonyl (C=O) groups is 7. The van der Waals surface area contributed by atoms with Crippen LogP contribution >= 0.6 is 92.0 Å². The number of fused-ring (bicyclic) bond motifs is 6. The van der Waals surface area contributed by atoms with Crippen LogP contribution in [0.15, 0.2) is 167 Å². The number of Topliss-reactive ketones (excluding diaryl/α,β-unsaturated/α-hetero) is 2. The highest BCUT2D eigenvalue weighted by molar-refractivity contribution is 7.17. The van der Waals surface area contributed by atoms with Crippen molar-refractivity contribution in [2.24, 2.45) is 0 Å². The molecule has 0 aliphatic rings. The zero-order valence-electron chi connectivity index (χ0n) is 69.6. The second-order valence-corrected chi connectivity index (χ2v) is 32.6. The van der Waals surface area contributed by atoms with Gasteiger partial charge < -0.3 is 72.7 Å². The zero-order chi connectivity index (χ0) is 97.0. The molecule has 0 aliphatic heterocycles. The van der Waals surface area contributed by atoms with E-state index in [1.807, 2.05) is 47.2 Å². The molecule has 690 valence electrons. The molecule has 0 aliphatic carbocycles. The van der Waals surface area contributed by atoms with E-state index in [1.54, 1.807) is 94.9 Å². The second kappa shape index (κ2) is 41.4. The number of nitrogens with zero attached hydrogens (tertiary/aromatic N) is 9. The SMILES string of the molecule is C.CC(=O)c1nc(-c2ccc3ccoc3c2)c(F)c(N)c1Cl.COC(=O)c1nc(-c2ccc3ccn(C(C)=O)c3c2F)c(F)c(N)c1Cl.COC(=O)c1nc(-c2ccc3sccc3c2)c(F)c(N)c1Cl.COC(=O)c1nc(-c2ccc3scnc3c2)c(F)c(N)c1Cl.COc1c(N)nc(-c2ccc3sccc3c2)nc1C(C)=O.Nc1c(F)c(-c2ccc3cc[nH]c3c2F)nc(C(=O)[O-])c1Cl. The van der Waals surface area contributed by atoms with Crippen LogP contribution in [0.4, 0.5) is 65.0 Å². The van der Waals surface area contributed by atoms with Gasteiger partial charge in [-0.3, -0.25) is 19.0 Å². The fraction of sp³-hybridized carbons (Fsp3) is 0.0879. The van der Waals surface area contributed by atoms with Gasteiger partial charge in [-0.15, -0.1) is 34.0 Å². The molecule has 0 amide bonds. The summed E-state index contributed by atoms with van der Waals surface area (Å²) in [5.74, 6) is -10.6. The van der Waals surface area contributed by atoms with Gasteiger partial charge in [0.05, 0.1) is 121 Å². The number of thiazole rings is 1. The van der Waals surface area contributed by atoms with Crippen LogP contribution in [-0.4, -0.2) is 119 Å². The number of anilines is 6. The highest BCUT2D eigenvalue weighted by atomic mass is 35.5. The number of carbonyl (C=O) groups excluding carboxylic acids is 7. The minimum Gasteiger partial charge on any atom is -0.543 e. The summed E-state index contributed by atoms with van der Waals surface area (Å²) in [6.07, 6.45) is 4.46. The Balaban J connectivity index is 0.000000146. The lowest BCUT2D eigenvalue weighted by Gasteiger charge is -2.12. The van der Waals surface area contributed by atoms with Crippen molar-refractivity contribution >= 4 is 231 Å². The van der Waals surface area contributed by atoms with Crippen LogP contribution in [0.5, 0.6) is 5.75 Å². The molecule has 44 heteroatoms. The quantitative estimate of drug-likeness (QED) is 0.0244. The summed E-state index contributed by atoms with van der Waals surface area (Å²) in [4.78, 5) is 116. The van der Waals surface area contributed by atoms with Crippen LogP contribution in [0.1, 0.15) is 95.9 Å². The Morgan fingerprint density at radius 3 is 1.36 bits per heavy atom. The summed E-state index contributed by atoms with van der Waals surface area (Å²) >= 11 is 33.8. The molecule has 12 heterocycles. The number of nitrogen functional groups attached to an aromatic ring is 6. The predicted octanol–water partition coefficient (Wildman–Crippen LogP) is 21.3. The average molecular weight is 2000 g/mol. The zero-order valence-corrected chi connectivity index (χ0v) is 75.9. The fourth-order valence-electron chi connectivity index (χ4n) is 13.1. The van der Waals surface area contributed by atoms with E-state index in [2.05, 4.69) is 59.1 Å². The van der Waals surface area contributed by atoms with Gasteiger partial charge in [-0.05, 0) is 113 Å². The van der Waals surface area contributed by atoms with Gasteiger partial charge in [-0.2, -0.15) is 0 Å². The first-order chi connectivity index (χ1) is 63.8. The maximum Gasteiger partial charge on any atom is 0.358 e. The van der Waals surface area contributed by atoms with E-state index in [0.717, 1.165) is 42.8 Å². The Hall–Kier alpha value is -15.0. The molecule has 29 nitrogen and oxygen atoms in total. The number of benzene rings is 6. The molecule has 0 bridgehead atoms. The number of halogens is 12. The lowest BCUT2D eigenvalue weighted by molar-refractivity contribution is -0.255. The summed E-state index contributed by atoms with van der Waals surface area (Å²) < 4.78 is 130. The molecule has 13 N–H and O–H groups in total. The number of nitrogens with one attached hydrogen (secondary N) is 1. The van der Waals surface area contributed by atoms with Gasteiger partial charge in [0.1, 0.15) is 45.4 Å². The number of ketones is 2. The lowest BCUT2D eigenvalue weighted by atomic mass is 10.1. The number of H-pyrrole nitrogens is 1. The van der Waals surface area contributed by atoms with Crippen LogP contribution in [0.3, 0.4) is 0 Å². The van der Waals surface area contributed by atoms with Crippen molar-refractivity contribution in [1.29, 1.82) is 0 Å². The molecule has 0 fully saturated rings. The largest absolute Gasteiger partial charge is 0.543 e. The standard InChI is InChI=1S/C17H12ClF2N3O3.C15H10ClFN2O2S.C15H10ClFN2O2.C15H13N3O2S.C14H8ClF2N3O2.C14H9ClFN3O2S.CH4/c1-7(24)23-6-5-8-3-4-9(11(19)16(8)23)14-12(20)13(21)10(18)15(22-14)17(25)26-2;1-21-15(20)14-10(16)12(18)11(17)13(19-14)8-2-3-9-7(6-8)4-5-22-9;1-7(20)14-11(16)13(18)12(17)15(19-14)9-3-2-8-4-5-21-10(8)6-9;1-8(19)12-13(20-2)14(16)18-15(17-12)10-3-4-11-9(7-10)5-6-21-11;15-7-10(18)9(17)12(20-13(7)14(21)22)6-2-1-5-3-4-19-11(5)8(6)16;1-21-14(20)13-9(15)11(17)10(16)12(19-13)6-2-3-8-7(4-6)18-5-22-8;/h3-6H,1-2H3,(H2,21,22);2-6H,1H3,(H2,18,19);2-6H,1H3,(H2,18,19);3-7H,1-2H3,(H2,16,17,18);1-4,19H,(H2,18,20)(H,21,22);2-5H,1H3,(H2,17,19);1H4/p-1. The molecule has 0 spiro atoms. The number of aromatic amines is 1. The summed E-state index contributed by atoms with van der Waals surface area (Å²) in [7, 11) is 4.91. The number of pyridine rings is 5. The number of ether oxygens (including phenoxy) is 4. The van der Waals surface area contributed by atoms with Gasteiger partial charge in [0, 0.05) is 92.1 Å². The van der Waals surface area contributed by atoms with E-state index < -0.39 is 115 Å². The molecular weight excluding hydrogens is 1930 g/mol. The van der Waals surface area contributed by atoms with E-state index >= 15 is 4.39 Å². The predicted molar refractivity (Wildman–Crippen MR) is 506 cm³/mol. The number of esters is 3. The Labute approximate surface area is 794 Å². The molecule has 18 rings (SSSR count). The van der Waals surface area contributed by atoms with Crippen molar-refractivity contribution in [2.45, 2.75) is 28.2 Å². The summed E-state index contributed by atoms with van der Waals surface area (Å²) in [5.41, 5.74) is 33.8. The number of carboxylic acids is 1. The van der Waals surface area contributed by atoms with Crippen LogP contribution in [0, 0.1) is 40.7 Å². The Bertz CT molecular complexity index is 7710. The van der Waals surface area contributed by atoms with Gasteiger partial charge in [0.2, 0.25) is 5.91 Å². The third kappa shape index (κ3) is 19.9. The van der Waals surface area contributed by atoms with Crippen LogP contribution < -0.4 is 44.2 Å². The molecule has 12 aromatic heterocycles. The van der Waals surface area contributed by atoms with E-state index in [-0.39, 0.29) is 125 Å². The van der Waals surface area contributed by atoms with Crippen LogP contribution in [0.2, 0.25) is 25.1 Å². The van der Waals surface area contributed by atoms with Gasteiger partial charge in [0.15, 0.2) is 92.5 Å². The third-order valence-electron chi connectivity index (χ3n) is 19.7. The third-order valence-corrected chi connectivity index (χ3v) is 24.2. The summed E-state index contributed by atoms with van der Waals surface area (Å²) in [5, 5.41) is 17.2. The van der Waals surface area contributed by atoms with Crippen LogP contribution in [0.25, 0.3) is 131 Å². The van der Waals surface area contributed by atoms with Gasteiger partial charge in [-0.25, -0.2) is 85.0 Å². The number of aromatic nitrogens is 10. The maximum atomic E-state index is 15.1. The molecule has 18 aromatic rings. The van der Waals surface area contributed by atoms with Crippen molar-refractivity contribution in [3.63, 3.8) is 0 Å². The number of thiophene rings is 2. The highest BCUT2D eigenvalue weighted by Crippen LogP contribution is 2.42. The molecule has 0 saturated heterocycles. The number of aromatic carboxylic acids is 1. The Morgan fingerprint density at radius 1 is 0.430 bits per heavy atom. The molecule has 0 radical (unpaired) electrons. The first-order valence-corrected chi connectivity index (χ1v) is 42.6. The molecule has 0 unspecified atom stereocenters. The van der Waals surface area contributed by atoms with Crippen molar-refractivity contribution in [1.82, 2.24) is 49.4 Å². The van der Waals surface area contributed by atoms with E-state index in [9.17, 15) is 65.0 Å². The fourth-order valence-corrected chi connectivity index (χ4v) is 16.3. The normalized spacial score (nSPS) is 10.8. The van der Waals surface area contributed by atoms with Gasteiger partial charge >= 0.3 is 17.9 Å². The lowest BCUT2D eigenvalue weighted by Crippen LogP contribution is -2.25. The number of furan rings is 1. The molecule has 6 aromatic carbocycles. The number of hydrogen-bond donors (Lipinski definition) is 7. The van der Waals surface area contributed by atoms with E-state index in [4.69, 9.17) is 102 Å². The minimum absolute atomic E-state index is 0. The van der Waals surface area contributed by atoms with Crippen LogP contribution in [-0.2, 0) is 14.2 Å². The minimum atomic E-state index is -1.74. The smallest absolute Gasteiger partial charge is 0.358 e. The molecule has 0 saturated carbocycles. The summed E-state index contributed by atoms with van der Waals surface area (Å²) in [6.45, 7) is 3.99. The van der Waals surface area contributed by atoms with Crippen molar-refractivity contribution in [3.05, 3.63) is 262 Å². The molecular formula is C91H65Cl5F7N16O13S3-. The van der Waals surface area contributed by atoms with Gasteiger partial charge in [0.25, 0.3) is 0 Å². The van der Waals surface area contributed by atoms with Crippen molar-refractivity contribution in [3.8, 4) is 73.4 Å².